The number of carboxylic acids is 1. The number of aliphatic imine (C=N–C) groups is 2. The summed E-state index contributed by atoms with van der Waals surface area (Å²) in [5.41, 5.74) is 17.2. The van der Waals surface area contributed by atoms with Gasteiger partial charge in [0.25, 0.3) is 0 Å². The number of nitrogens with zero attached hydrogens (tertiary/aromatic N) is 4. The number of carbonyl (C=O) groups is 13. The Morgan fingerprint density at radius 2 is 1.25 bits per heavy atom. The molecule has 25 N–H and O–H groups in total. The number of phenolic OH excluding ortho intramolecular Hbond substituents is 1. The monoisotopic (exact) mass is 1350 g/mol. The highest BCUT2D eigenvalue weighted by Crippen LogP contribution is 2.15. The molecule has 2 aliphatic rings. The number of hydroxylamine groups is 4. The maximum Gasteiger partial charge on any atom is 0.320 e. The van der Waals surface area contributed by atoms with Crippen molar-refractivity contribution in [3.8, 4) is 5.75 Å². The molecule has 1 aromatic rings. The average molecular weight is 1350 g/mol. The summed E-state index contributed by atoms with van der Waals surface area (Å²) in [7, 11) is 0. The summed E-state index contributed by atoms with van der Waals surface area (Å²) in [5.74, 6) is -11.9. The fraction of sp³-hybridized carbons (Fsp3) is 0.625. The second-order valence-corrected chi connectivity index (χ2v) is 22.5. The second-order valence-electron chi connectivity index (χ2n) is 22.5. The van der Waals surface area contributed by atoms with Crippen LogP contribution in [0.25, 0.3) is 0 Å². The fourth-order valence-corrected chi connectivity index (χ4v) is 9.50. The molecule has 0 aliphatic carbocycles. The Hall–Kier alpha value is -9.41. The van der Waals surface area contributed by atoms with Gasteiger partial charge in [0, 0.05) is 39.1 Å². The summed E-state index contributed by atoms with van der Waals surface area (Å²) in [6.07, 6.45) is -5.06. The van der Waals surface area contributed by atoms with E-state index in [4.69, 9.17) is 17.2 Å². The zero-order valence-corrected chi connectivity index (χ0v) is 52.5. The molecule has 2 heterocycles. The highest BCUT2D eigenvalue weighted by atomic mass is 16.5. The number of carboxylic acid groups (broad SMARTS) is 1. The van der Waals surface area contributed by atoms with E-state index in [0.717, 1.165) is 6.92 Å². The molecule has 0 spiro atoms. The van der Waals surface area contributed by atoms with Gasteiger partial charge in [-0.3, -0.25) is 82.7 Å². The van der Waals surface area contributed by atoms with Crippen LogP contribution in [0.3, 0.4) is 0 Å². The number of aliphatic carboxylic acids is 1. The molecule has 0 aromatic heterocycles. The molecular weight excluding hydrogens is 1260 g/mol. The standard InChI is InChI=1S/C56H90N18O21/c1-29(79)43-53(90)61-19-4-3-8-34(46(83)66-37(11-7-23-74(95)28-78)50(87)71-44(30(2)80)54(91)72-43)65-47(84)36(10-6-22-73(94)27-77)68-52(89)40(25-75)69-48(85)35(9-5-20-62-56(58)59)67-51(88)41(26-76)70-49(86)38-18-21-60-45(64-38)39(24-31-12-14-32(81)15-13-31)63-42(82)17-16-33(57)55(92)93/h12-15,27-30,33-41,43-44,75-76,79-81,94-95H,3-11,16-26,57H2,1-2H3,(H,60,64)(H,61,90)(H,63,82)(H,65,84)(H,66,83)(H,67,88)(H,68,89)(H,69,85)(H,70,86)(H,71,87)(H,72,91)(H,92,93)(H4,58,59,62). The number of aliphatic hydroxyl groups is 4. The Morgan fingerprint density at radius 1 is 0.695 bits per heavy atom. The largest absolute Gasteiger partial charge is 0.508 e. The first-order chi connectivity index (χ1) is 45.0. The Balaban J connectivity index is 1.91. The summed E-state index contributed by atoms with van der Waals surface area (Å²) >= 11 is 0. The molecule has 13 atom stereocenters. The van der Waals surface area contributed by atoms with E-state index in [0.29, 0.717) is 5.56 Å². The van der Waals surface area contributed by atoms with Gasteiger partial charge in [-0.1, -0.05) is 12.1 Å². The lowest BCUT2D eigenvalue weighted by atomic mass is 10.0. The minimum Gasteiger partial charge on any atom is -0.508 e. The lowest BCUT2D eigenvalue weighted by Crippen LogP contribution is -2.62. The third-order valence-electron chi connectivity index (χ3n) is 14.8. The van der Waals surface area contributed by atoms with Gasteiger partial charge in [0.05, 0.1) is 31.5 Å². The SMILES string of the molecule is CC(O)C1NC(=O)C(CCCN(O)C=O)NC(=O)C(NC(=O)C(CCCN(O)C=O)NC(=O)C(CO)NC(=O)C(CCCN=C(N)N)NC(=O)C(CO)NC(=O)C2CCN=C(C(Cc3ccc(O)cc3)NC(=O)CCC(N)C(=O)O)N2)CCCCNC(=O)C(C(C)O)NC1=O. The third-order valence-corrected chi connectivity index (χ3v) is 14.8. The highest BCUT2D eigenvalue weighted by molar-refractivity contribution is 6.00. The van der Waals surface area contributed by atoms with Crippen molar-refractivity contribution in [3.63, 3.8) is 0 Å². The van der Waals surface area contributed by atoms with Crippen molar-refractivity contribution in [1.29, 1.82) is 0 Å². The molecular formula is C56H90N18O21. The number of amidine groups is 1. The Labute approximate surface area is 544 Å². The van der Waals surface area contributed by atoms with Crippen LogP contribution < -0.4 is 75.7 Å². The van der Waals surface area contributed by atoms with Gasteiger partial charge in [-0.05, 0) is 109 Å². The first-order valence-corrected chi connectivity index (χ1v) is 30.5. The molecule has 2 aliphatic heterocycles. The molecule has 530 valence electrons. The number of aliphatic hydroxyl groups excluding tert-OH is 4. The molecule has 39 nitrogen and oxygen atoms in total. The van der Waals surface area contributed by atoms with Gasteiger partial charge in [-0.25, -0.2) is 10.1 Å². The first kappa shape index (κ1) is 79.8. The molecule has 13 unspecified atom stereocenters. The number of hydrogen-bond acceptors (Lipinski definition) is 24. The fourth-order valence-electron chi connectivity index (χ4n) is 9.50. The molecule has 39 heteroatoms. The maximum atomic E-state index is 14.4. The van der Waals surface area contributed by atoms with Crippen LogP contribution in [0.15, 0.2) is 34.3 Å². The smallest absolute Gasteiger partial charge is 0.320 e. The average Bonchev–Trinajstić information content (AvgIpc) is 1.05. The van der Waals surface area contributed by atoms with Gasteiger partial charge in [0.15, 0.2) is 5.96 Å². The number of nitrogens with one attached hydrogen (secondary N) is 11. The molecule has 1 aromatic carbocycles. The van der Waals surface area contributed by atoms with Gasteiger partial charge in [-0.15, -0.1) is 0 Å². The van der Waals surface area contributed by atoms with Crippen molar-refractivity contribution < 1.29 is 103 Å². The van der Waals surface area contributed by atoms with Crippen LogP contribution in [0.5, 0.6) is 5.75 Å². The van der Waals surface area contributed by atoms with E-state index >= 15 is 0 Å². The van der Waals surface area contributed by atoms with Crippen molar-refractivity contribution in [3.05, 3.63) is 29.8 Å². The zero-order chi connectivity index (χ0) is 70.9. The number of hydrogen-bond donors (Lipinski definition) is 22. The Morgan fingerprint density at radius 3 is 1.84 bits per heavy atom. The highest BCUT2D eigenvalue weighted by Gasteiger charge is 2.38. The van der Waals surface area contributed by atoms with E-state index in [1.54, 1.807) is 12.1 Å². The number of nitrogens with two attached hydrogens (primary N) is 3. The van der Waals surface area contributed by atoms with Crippen molar-refractivity contribution in [2.45, 2.75) is 176 Å². The molecule has 3 rings (SSSR count). The summed E-state index contributed by atoms with van der Waals surface area (Å²) in [6.45, 7) is -0.902. The number of amides is 12. The number of guanidine groups is 1. The van der Waals surface area contributed by atoms with Crippen LogP contribution in [-0.4, -0.2) is 265 Å². The van der Waals surface area contributed by atoms with E-state index in [2.05, 4.69) is 68.5 Å². The number of phenols is 1. The predicted octanol–water partition coefficient (Wildman–Crippen LogP) is -9.39. The summed E-state index contributed by atoms with van der Waals surface area (Å²) < 4.78 is 0. The molecule has 0 radical (unpaired) electrons. The minimum atomic E-state index is -1.94. The second kappa shape index (κ2) is 41.3. The van der Waals surface area contributed by atoms with Crippen molar-refractivity contribution in [2.24, 2.45) is 27.2 Å². The number of carbonyl (C=O) groups excluding carboxylic acids is 12. The van der Waals surface area contributed by atoms with E-state index in [-0.39, 0.29) is 144 Å². The first-order valence-electron chi connectivity index (χ1n) is 30.5. The molecule has 0 saturated carbocycles. The van der Waals surface area contributed by atoms with Gasteiger partial charge < -0.3 is 106 Å². The number of rotatable bonds is 36. The minimum absolute atomic E-state index is 0.0118. The molecule has 1 saturated heterocycles. The van der Waals surface area contributed by atoms with Crippen LogP contribution in [0, 0.1) is 0 Å². The normalized spacial score (nSPS) is 20.4. The topological polar surface area (TPSA) is 625 Å². The number of benzene rings is 1. The van der Waals surface area contributed by atoms with E-state index < -0.39 is 170 Å². The third kappa shape index (κ3) is 28.4. The molecule has 1 fully saturated rings. The van der Waals surface area contributed by atoms with Gasteiger partial charge in [-0.2, -0.15) is 0 Å². The van der Waals surface area contributed by atoms with Crippen LogP contribution >= 0.6 is 0 Å². The van der Waals surface area contributed by atoms with E-state index in [9.17, 15) is 103 Å². The van der Waals surface area contributed by atoms with Crippen molar-refractivity contribution >= 4 is 89.7 Å². The molecule has 0 bridgehead atoms. The van der Waals surface area contributed by atoms with Crippen LogP contribution in [0.4, 0.5) is 0 Å². The lowest BCUT2D eigenvalue weighted by Gasteiger charge is -2.30. The quantitative estimate of drug-likeness (QED) is 0.00741. The Kier molecular flexibility index (Phi) is 34.7. The van der Waals surface area contributed by atoms with E-state index in [1.165, 1.54) is 19.1 Å². The van der Waals surface area contributed by atoms with Gasteiger partial charge >= 0.3 is 5.97 Å². The van der Waals surface area contributed by atoms with Crippen molar-refractivity contribution in [2.75, 3.05) is 45.9 Å². The summed E-state index contributed by atoms with van der Waals surface area (Å²) in [6, 6.07) is -11.2. The van der Waals surface area contributed by atoms with Crippen LogP contribution in [0.1, 0.15) is 96.5 Å². The van der Waals surface area contributed by atoms with Gasteiger partial charge in [0.1, 0.15) is 72.0 Å². The van der Waals surface area contributed by atoms with Crippen LogP contribution in [0.2, 0.25) is 0 Å². The van der Waals surface area contributed by atoms with Crippen molar-refractivity contribution in [1.82, 2.24) is 68.6 Å². The van der Waals surface area contributed by atoms with E-state index in [1.807, 2.05) is 0 Å². The number of aromatic hydroxyl groups is 1. The predicted molar refractivity (Wildman–Crippen MR) is 330 cm³/mol. The summed E-state index contributed by atoms with van der Waals surface area (Å²) in [4.78, 5) is 180. The van der Waals surface area contributed by atoms with Gasteiger partial charge in [0.2, 0.25) is 71.9 Å². The van der Waals surface area contributed by atoms with Crippen LogP contribution in [-0.2, 0) is 68.7 Å². The lowest BCUT2D eigenvalue weighted by molar-refractivity contribution is -0.150. The summed E-state index contributed by atoms with van der Waals surface area (Å²) in [5, 5.41) is 108. The zero-order valence-electron chi connectivity index (χ0n) is 52.5. The Bertz CT molecular complexity index is 2830. The molecule has 12 amide bonds. The maximum absolute atomic E-state index is 14.4. The molecule has 95 heavy (non-hydrogen) atoms.